The number of carbonyl (C=O) groups is 2. The van der Waals surface area contributed by atoms with E-state index in [2.05, 4.69) is 10.6 Å². The van der Waals surface area contributed by atoms with Gasteiger partial charge in [0.05, 0.1) is 41.5 Å². The van der Waals surface area contributed by atoms with Gasteiger partial charge in [0.15, 0.2) is 9.84 Å². The molecule has 0 bridgehead atoms. The topological polar surface area (TPSA) is 111 Å². The Hall–Kier alpha value is -2.72. The lowest BCUT2D eigenvalue weighted by molar-refractivity contribution is -0.116. The molecule has 0 aromatic heterocycles. The maximum absolute atomic E-state index is 12.7. The summed E-state index contributed by atoms with van der Waals surface area (Å²) in [5, 5.41) is 5.13. The fourth-order valence-electron chi connectivity index (χ4n) is 2.84. The van der Waals surface area contributed by atoms with Gasteiger partial charge < -0.3 is 20.1 Å². The zero-order valence-electron chi connectivity index (χ0n) is 16.7. The molecule has 8 nitrogen and oxygen atoms in total. The second-order valence-corrected chi connectivity index (χ2v) is 10.1. The van der Waals surface area contributed by atoms with E-state index in [4.69, 9.17) is 9.47 Å². The van der Waals surface area contributed by atoms with Crippen LogP contribution in [0.2, 0.25) is 0 Å². The highest BCUT2D eigenvalue weighted by Gasteiger charge is 2.25. The summed E-state index contributed by atoms with van der Waals surface area (Å²) in [4.78, 5) is 25.0. The van der Waals surface area contributed by atoms with Crippen molar-refractivity contribution in [2.75, 3.05) is 30.6 Å². The molecule has 0 aliphatic carbocycles. The van der Waals surface area contributed by atoms with Crippen LogP contribution in [0.1, 0.15) is 13.3 Å². The van der Waals surface area contributed by atoms with E-state index in [9.17, 15) is 18.0 Å². The Bertz CT molecular complexity index is 1080. The van der Waals surface area contributed by atoms with Crippen LogP contribution in [0.4, 0.5) is 11.4 Å². The molecule has 10 heteroatoms. The van der Waals surface area contributed by atoms with Crippen LogP contribution >= 0.6 is 11.8 Å². The van der Waals surface area contributed by atoms with Crippen LogP contribution in [-0.2, 0) is 19.4 Å². The first-order chi connectivity index (χ1) is 14.2. The fraction of sp³-hybridized carbons (Fsp3) is 0.300. The average Bonchev–Trinajstić information content (AvgIpc) is 2.73. The number of carbonyl (C=O) groups excluding carboxylic acids is 2. The maximum atomic E-state index is 12.7. The van der Waals surface area contributed by atoms with Crippen molar-refractivity contribution in [3.05, 3.63) is 36.4 Å². The molecule has 2 aromatic carbocycles. The highest BCUT2D eigenvalue weighted by atomic mass is 32.2. The van der Waals surface area contributed by atoms with Crippen molar-refractivity contribution in [2.24, 2.45) is 0 Å². The number of hydrogen-bond acceptors (Lipinski definition) is 7. The normalized spacial score (nSPS) is 15.7. The molecule has 1 unspecified atom stereocenters. The molecule has 1 heterocycles. The highest BCUT2D eigenvalue weighted by molar-refractivity contribution is 8.01. The molecular formula is C20H22N2O6S2. The van der Waals surface area contributed by atoms with Gasteiger partial charge >= 0.3 is 0 Å². The van der Waals surface area contributed by atoms with Crippen molar-refractivity contribution in [3.8, 4) is 11.5 Å². The molecule has 3 rings (SSSR count). The van der Waals surface area contributed by atoms with Crippen molar-refractivity contribution in [2.45, 2.75) is 28.4 Å². The van der Waals surface area contributed by atoms with Crippen LogP contribution in [0.3, 0.4) is 0 Å². The van der Waals surface area contributed by atoms with Gasteiger partial charge in [0.2, 0.25) is 11.8 Å². The lowest BCUT2D eigenvalue weighted by atomic mass is 10.2. The van der Waals surface area contributed by atoms with Gasteiger partial charge in [-0.2, -0.15) is 0 Å². The molecule has 30 heavy (non-hydrogen) atoms. The number of thioether (sulfide) groups is 1. The largest absolute Gasteiger partial charge is 0.497 e. The van der Waals surface area contributed by atoms with Crippen molar-refractivity contribution >= 4 is 44.8 Å². The molecule has 0 saturated carbocycles. The first-order valence-corrected chi connectivity index (χ1v) is 11.6. The number of ether oxygens (including phenoxy) is 2. The molecule has 0 radical (unpaired) electrons. The van der Waals surface area contributed by atoms with E-state index in [-0.39, 0.29) is 28.2 Å². The van der Waals surface area contributed by atoms with Crippen LogP contribution in [0.25, 0.3) is 0 Å². The van der Waals surface area contributed by atoms with Gasteiger partial charge in [-0.1, -0.05) is 0 Å². The molecule has 0 saturated heterocycles. The maximum Gasteiger partial charge on any atom is 0.237 e. The number of rotatable bonds is 7. The zero-order chi connectivity index (χ0) is 21.9. The minimum absolute atomic E-state index is 0.0616. The van der Waals surface area contributed by atoms with E-state index in [1.807, 2.05) is 0 Å². The Labute approximate surface area is 179 Å². The number of nitrogens with one attached hydrogen (secondary N) is 2. The SMILES string of the molecule is COc1ccc(NC(=O)CCS(=O)(=O)c2ccc3c(c2)NC(=O)C(C)S3)c(OC)c1. The minimum Gasteiger partial charge on any atom is -0.497 e. The van der Waals surface area contributed by atoms with Crippen molar-refractivity contribution in [1.29, 1.82) is 0 Å². The van der Waals surface area contributed by atoms with Crippen LogP contribution in [-0.4, -0.2) is 45.5 Å². The molecule has 1 aliphatic heterocycles. The zero-order valence-corrected chi connectivity index (χ0v) is 18.4. The van der Waals surface area contributed by atoms with Crippen LogP contribution < -0.4 is 20.1 Å². The number of fused-ring (bicyclic) bond motifs is 1. The Morgan fingerprint density at radius 3 is 2.63 bits per heavy atom. The molecule has 160 valence electrons. The molecule has 2 amide bonds. The molecule has 1 aliphatic rings. The third kappa shape index (κ3) is 4.88. The molecule has 0 spiro atoms. The van der Waals surface area contributed by atoms with Gasteiger partial charge in [-0.05, 0) is 37.3 Å². The summed E-state index contributed by atoms with van der Waals surface area (Å²) in [6.45, 7) is 1.78. The highest BCUT2D eigenvalue weighted by Crippen LogP contribution is 2.37. The first kappa shape index (κ1) is 22.0. The Balaban J connectivity index is 1.67. The molecule has 2 N–H and O–H groups in total. The number of benzene rings is 2. The smallest absolute Gasteiger partial charge is 0.237 e. The van der Waals surface area contributed by atoms with Gasteiger partial charge in [0.1, 0.15) is 11.5 Å². The van der Waals surface area contributed by atoms with Crippen LogP contribution in [0.15, 0.2) is 46.2 Å². The Morgan fingerprint density at radius 2 is 1.93 bits per heavy atom. The summed E-state index contributed by atoms with van der Waals surface area (Å²) in [5.74, 6) is -0.0251. The number of anilines is 2. The molecular weight excluding hydrogens is 428 g/mol. The number of amides is 2. The monoisotopic (exact) mass is 450 g/mol. The van der Waals surface area contributed by atoms with E-state index in [0.29, 0.717) is 22.9 Å². The summed E-state index contributed by atoms with van der Waals surface area (Å²) in [6.07, 6.45) is -0.229. The molecule has 1 atom stereocenters. The third-order valence-corrected chi connectivity index (χ3v) is 7.41. The van der Waals surface area contributed by atoms with E-state index in [1.54, 1.807) is 31.2 Å². The summed E-state index contributed by atoms with van der Waals surface area (Å²) in [6, 6.07) is 9.50. The summed E-state index contributed by atoms with van der Waals surface area (Å²) in [7, 11) is -0.733. The van der Waals surface area contributed by atoms with E-state index < -0.39 is 15.7 Å². The second-order valence-electron chi connectivity index (χ2n) is 6.59. The standard InChI is InChI=1S/C20H22N2O6S2/c1-12-20(24)22-16-11-14(5-7-18(16)29-12)30(25,26)9-8-19(23)21-15-6-4-13(27-2)10-17(15)28-3/h4-7,10-12H,8-9H2,1-3H3,(H,21,23)(H,22,24). The van der Waals surface area contributed by atoms with Crippen LogP contribution in [0, 0.1) is 0 Å². The van der Waals surface area contributed by atoms with Gasteiger partial charge in [-0.25, -0.2) is 8.42 Å². The quantitative estimate of drug-likeness (QED) is 0.667. The summed E-state index contributed by atoms with van der Waals surface area (Å²) in [5.41, 5.74) is 0.889. The van der Waals surface area contributed by atoms with Gasteiger partial charge in [-0.3, -0.25) is 9.59 Å². The Kier molecular flexibility index (Phi) is 6.57. The second kappa shape index (κ2) is 8.97. The van der Waals surface area contributed by atoms with Gasteiger partial charge in [0, 0.05) is 17.4 Å². The van der Waals surface area contributed by atoms with Gasteiger partial charge in [0.25, 0.3) is 0 Å². The van der Waals surface area contributed by atoms with Crippen molar-refractivity contribution in [3.63, 3.8) is 0 Å². The summed E-state index contributed by atoms with van der Waals surface area (Å²) < 4.78 is 35.7. The van der Waals surface area contributed by atoms with Crippen LogP contribution in [0.5, 0.6) is 11.5 Å². The molecule has 2 aromatic rings. The first-order valence-electron chi connectivity index (χ1n) is 9.09. The lowest BCUT2D eigenvalue weighted by Gasteiger charge is -2.21. The lowest BCUT2D eigenvalue weighted by Crippen LogP contribution is -2.26. The number of methoxy groups -OCH3 is 2. The predicted molar refractivity (Wildman–Crippen MR) is 115 cm³/mol. The number of hydrogen-bond donors (Lipinski definition) is 2. The average molecular weight is 451 g/mol. The predicted octanol–water partition coefficient (Wildman–Crippen LogP) is 2.94. The van der Waals surface area contributed by atoms with Gasteiger partial charge in [-0.15, -0.1) is 11.8 Å². The van der Waals surface area contributed by atoms with Crippen molar-refractivity contribution in [1.82, 2.24) is 0 Å². The third-order valence-electron chi connectivity index (χ3n) is 4.52. The van der Waals surface area contributed by atoms with E-state index in [1.165, 1.54) is 38.1 Å². The van der Waals surface area contributed by atoms with E-state index in [0.717, 1.165) is 4.90 Å². The summed E-state index contributed by atoms with van der Waals surface area (Å²) >= 11 is 1.37. The Morgan fingerprint density at radius 1 is 1.17 bits per heavy atom. The number of sulfone groups is 1. The van der Waals surface area contributed by atoms with E-state index >= 15 is 0 Å². The fourth-order valence-corrected chi connectivity index (χ4v) is 5.03. The molecule has 0 fully saturated rings. The minimum atomic E-state index is -3.71. The van der Waals surface area contributed by atoms with Crippen molar-refractivity contribution < 1.29 is 27.5 Å².